The molecule has 0 atom stereocenters. The fraction of sp³-hybridized carbons (Fsp3) is 0.130. The molecule has 1 aromatic carbocycles. The van der Waals surface area contributed by atoms with E-state index in [0.29, 0.717) is 29.1 Å². The minimum atomic E-state index is -0.329. The smallest absolute Gasteiger partial charge is 0.258 e. The molecule has 0 unspecified atom stereocenters. The van der Waals surface area contributed by atoms with Gasteiger partial charge in [0.05, 0.1) is 40.9 Å². The highest BCUT2D eigenvalue weighted by atomic mass is 16.5. The van der Waals surface area contributed by atoms with Gasteiger partial charge in [-0.2, -0.15) is 5.10 Å². The van der Waals surface area contributed by atoms with Crippen LogP contribution in [0.4, 0.5) is 5.69 Å². The van der Waals surface area contributed by atoms with Crippen molar-refractivity contribution < 1.29 is 9.32 Å². The topological polar surface area (TPSA) is 122 Å². The maximum atomic E-state index is 12.7. The molecule has 0 saturated heterocycles. The zero-order chi connectivity index (χ0) is 22.2. The number of hydrogen-bond donors (Lipinski definition) is 3. The van der Waals surface area contributed by atoms with Crippen LogP contribution in [0.3, 0.4) is 0 Å². The van der Waals surface area contributed by atoms with Gasteiger partial charge in [-0.3, -0.25) is 14.3 Å². The number of anilines is 1. The molecular weight excluding hydrogens is 408 g/mol. The van der Waals surface area contributed by atoms with Gasteiger partial charge in [-0.1, -0.05) is 23.4 Å². The maximum Gasteiger partial charge on any atom is 0.258 e. The van der Waals surface area contributed by atoms with E-state index in [0.717, 1.165) is 27.9 Å². The van der Waals surface area contributed by atoms with Crippen LogP contribution in [0.25, 0.3) is 22.2 Å². The molecule has 0 radical (unpaired) electrons. The Kier molecular flexibility index (Phi) is 4.70. The Morgan fingerprint density at radius 2 is 2.06 bits per heavy atom. The lowest BCUT2D eigenvalue weighted by Gasteiger charge is -2.05. The third-order valence-corrected chi connectivity index (χ3v) is 5.38. The Morgan fingerprint density at radius 3 is 2.84 bits per heavy atom. The van der Waals surface area contributed by atoms with Crippen molar-refractivity contribution in [2.45, 2.75) is 20.4 Å². The molecule has 0 aliphatic carbocycles. The van der Waals surface area contributed by atoms with E-state index in [4.69, 9.17) is 4.52 Å². The normalized spacial score (nSPS) is 11.2. The Bertz CT molecular complexity index is 1450. The number of benzene rings is 1. The van der Waals surface area contributed by atoms with Crippen LogP contribution in [-0.4, -0.2) is 30.8 Å². The van der Waals surface area contributed by atoms with E-state index in [2.05, 4.69) is 25.5 Å². The molecule has 4 aromatic heterocycles. The number of para-hydroxylation sites is 1. The summed E-state index contributed by atoms with van der Waals surface area (Å²) >= 11 is 0. The van der Waals surface area contributed by atoms with Crippen molar-refractivity contribution >= 4 is 22.5 Å². The summed E-state index contributed by atoms with van der Waals surface area (Å²) in [7, 11) is 0. The number of rotatable bonds is 5. The highest BCUT2D eigenvalue weighted by molar-refractivity contribution is 6.04. The molecule has 1 amide bonds. The van der Waals surface area contributed by atoms with E-state index in [9.17, 15) is 9.59 Å². The number of nitrogens with zero attached hydrogens (tertiary/aromatic N) is 3. The SMILES string of the molecule is Cc1noc(C)c1Cn1cc(C(=O)Nc2c[nH]c(=O)c(-c3cc4ccccc4[nH]3)c2)cn1. The van der Waals surface area contributed by atoms with Crippen molar-refractivity contribution in [3.05, 3.63) is 87.9 Å². The first kappa shape index (κ1) is 19.6. The van der Waals surface area contributed by atoms with Crippen LogP contribution in [0.5, 0.6) is 0 Å². The monoisotopic (exact) mass is 428 g/mol. The van der Waals surface area contributed by atoms with Gasteiger partial charge in [0.25, 0.3) is 11.5 Å². The predicted octanol–water partition coefficient (Wildman–Crippen LogP) is 3.63. The summed E-state index contributed by atoms with van der Waals surface area (Å²) < 4.78 is 6.83. The summed E-state index contributed by atoms with van der Waals surface area (Å²) in [6.45, 7) is 4.16. The van der Waals surface area contributed by atoms with Gasteiger partial charge in [-0.05, 0) is 32.0 Å². The summed E-state index contributed by atoms with van der Waals surface area (Å²) in [6, 6.07) is 11.3. The van der Waals surface area contributed by atoms with Crippen molar-refractivity contribution in [3.63, 3.8) is 0 Å². The zero-order valence-electron chi connectivity index (χ0n) is 17.5. The second-order valence-corrected chi connectivity index (χ2v) is 7.58. The third kappa shape index (κ3) is 3.60. The van der Waals surface area contributed by atoms with Gasteiger partial charge in [-0.15, -0.1) is 0 Å². The fourth-order valence-electron chi connectivity index (χ4n) is 3.63. The predicted molar refractivity (Wildman–Crippen MR) is 120 cm³/mol. The molecule has 0 spiro atoms. The third-order valence-electron chi connectivity index (χ3n) is 5.38. The highest BCUT2D eigenvalue weighted by Crippen LogP contribution is 2.23. The molecule has 9 heteroatoms. The summed E-state index contributed by atoms with van der Waals surface area (Å²) in [5, 5.41) is 12.0. The number of nitrogens with one attached hydrogen (secondary N) is 3. The Balaban J connectivity index is 1.36. The Morgan fingerprint density at radius 1 is 1.22 bits per heavy atom. The van der Waals surface area contributed by atoms with Crippen LogP contribution in [0.15, 0.2) is 64.3 Å². The highest BCUT2D eigenvalue weighted by Gasteiger charge is 2.14. The first-order chi connectivity index (χ1) is 15.5. The van der Waals surface area contributed by atoms with Crippen molar-refractivity contribution in [1.29, 1.82) is 0 Å². The molecule has 0 aliphatic rings. The van der Waals surface area contributed by atoms with Crippen molar-refractivity contribution in [2.75, 3.05) is 5.32 Å². The van der Waals surface area contributed by atoms with E-state index >= 15 is 0 Å². The molecule has 5 rings (SSSR count). The molecule has 0 saturated carbocycles. The average Bonchev–Trinajstić information content (AvgIpc) is 3.50. The van der Waals surface area contributed by atoms with E-state index < -0.39 is 0 Å². The number of carbonyl (C=O) groups excluding carboxylic acids is 1. The number of fused-ring (bicyclic) bond motifs is 1. The first-order valence-corrected chi connectivity index (χ1v) is 10.0. The van der Waals surface area contributed by atoms with Crippen LogP contribution in [0.1, 0.15) is 27.4 Å². The van der Waals surface area contributed by atoms with Crippen LogP contribution in [0, 0.1) is 13.8 Å². The lowest BCUT2D eigenvalue weighted by atomic mass is 10.2. The standard InChI is InChI=1S/C23H20N6O3/c1-13-19(14(2)32-28-13)12-29-11-16(9-25-29)22(30)26-17-8-18(23(31)24-10-17)21-7-15-5-3-4-6-20(15)27-21/h3-11,27H,12H2,1-2H3,(H,24,31)(H,26,30). The average molecular weight is 428 g/mol. The number of H-pyrrole nitrogens is 2. The van der Waals surface area contributed by atoms with Crippen LogP contribution in [-0.2, 0) is 6.54 Å². The fourth-order valence-corrected chi connectivity index (χ4v) is 3.63. The first-order valence-electron chi connectivity index (χ1n) is 10.0. The van der Waals surface area contributed by atoms with Crippen molar-refractivity contribution in [3.8, 4) is 11.3 Å². The zero-order valence-corrected chi connectivity index (χ0v) is 17.5. The number of aromatic amines is 2. The molecule has 3 N–H and O–H groups in total. The molecule has 9 nitrogen and oxygen atoms in total. The minimum Gasteiger partial charge on any atom is -0.361 e. The van der Waals surface area contributed by atoms with Crippen molar-refractivity contribution in [2.24, 2.45) is 0 Å². The molecule has 32 heavy (non-hydrogen) atoms. The minimum absolute atomic E-state index is 0.248. The van der Waals surface area contributed by atoms with Crippen LogP contribution in [0.2, 0.25) is 0 Å². The molecule has 160 valence electrons. The van der Waals surface area contributed by atoms with Gasteiger partial charge >= 0.3 is 0 Å². The quantitative estimate of drug-likeness (QED) is 0.395. The maximum absolute atomic E-state index is 12.7. The molecule has 0 bridgehead atoms. The summed E-state index contributed by atoms with van der Waals surface area (Å²) in [6.07, 6.45) is 4.63. The van der Waals surface area contributed by atoms with Gasteiger partial charge in [-0.25, -0.2) is 0 Å². The number of aryl methyl sites for hydroxylation is 2. The number of aromatic nitrogens is 5. The molecular formula is C23H20N6O3. The lowest BCUT2D eigenvalue weighted by Crippen LogP contribution is -2.15. The Hall–Kier alpha value is -4.40. The van der Waals surface area contributed by atoms with E-state index in [-0.39, 0.29) is 11.5 Å². The second-order valence-electron chi connectivity index (χ2n) is 7.58. The van der Waals surface area contributed by atoms with E-state index in [1.807, 2.05) is 44.2 Å². The van der Waals surface area contributed by atoms with E-state index in [1.165, 1.54) is 12.4 Å². The molecule has 0 aliphatic heterocycles. The van der Waals surface area contributed by atoms with Crippen molar-refractivity contribution in [1.82, 2.24) is 24.9 Å². The number of amides is 1. The Labute approximate surface area is 182 Å². The summed E-state index contributed by atoms with van der Waals surface area (Å²) in [4.78, 5) is 31.1. The molecule has 0 fully saturated rings. The molecule has 5 aromatic rings. The largest absolute Gasteiger partial charge is 0.361 e. The van der Waals surface area contributed by atoms with Gasteiger partial charge in [0, 0.05) is 28.9 Å². The van der Waals surface area contributed by atoms with Crippen LogP contribution >= 0.6 is 0 Å². The lowest BCUT2D eigenvalue weighted by molar-refractivity contribution is 0.102. The molecule has 4 heterocycles. The van der Waals surface area contributed by atoms with Gasteiger partial charge in [0.2, 0.25) is 0 Å². The van der Waals surface area contributed by atoms with Crippen LogP contribution < -0.4 is 10.9 Å². The number of pyridine rings is 1. The van der Waals surface area contributed by atoms with E-state index in [1.54, 1.807) is 16.9 Å². The van der Waals surface area contributed by atoms with Gasteiger partial charge < -0.3 is 19.8 Å². The summed E-state index contributed by atoms with van der Waals surface area (Å²) in [5.41, 5.74) is 4.40. The van der Waals surface area contributed by atoms with Gasteiger partial charge in [0.15, 0.2) is 0 Å². The number of carbonyl (C=O) groups is 1. The van der Waals surface area contributed by atoms with Gasteiger partial charge in [0.1, 0.15) is 5.76 Å². The number of hydrogen-bond acceptors (Lipinski definition) is 5. The second kappa shape index (κ2) is 7.69. The summed E-state index contributed by atoms with van der Waals surface area (Å²) in [5.74, 6) is 0.395.